The highest BCUT2D eigenvalue weighted by Gasteiger charge is 2.29. The van der Waals surface area contributed by atoms with Crippen molar-refractivity contribution < 1.29 is 9.59 Å². The Labute approximate surface area is 105 Å². The Hall–Kier alpha value is -2.04. The summed E-state index contributed by atoms with van der Waals surface area (Å²) in [5.41, 5.74) is 0.861. The largest absolute Gasteiger partial charge is 0.350 e. The topological polar surface area (TPSA) is 70.9 Å². The van der Waals surface area contributed by atoms with Crippen LogP contribution in [0.25, 0.3) is 0 Å². The number of azo groups is 1. The summed E-state index contributed by atoms with van der Waals surface area (Å²) in [7, 11) is 0. The Kier molecular flexibility index (Phi) is 3.50. The molecule has 2 aliphatic rings. The van der Waals surface area contributed by atoms with Crippen LogP contribution < -0.4 is 5.32 Å². The zero-order valence-corrected chi connectivity index (χ0v) is 10.4. The van der Waals surface area contributed by atoms with Crippen LogP contribution in [0.5, 0.6) is 0 Å². The van der Waals surface area contributed by atoms with Gasteiger partial charge in [0.2, 0.25) is 0 Å². The van der Waals surface area contributed by atoms with E-state index in [1.54, 1.807) is 24.3 Å². The van der Waals surface area contributed by atoms with Crippen molar-refractivity contribution in [2.75, 3.05) is 6.54 Å². The lowest BCUT2D eigenvalue weighted by Crippen LogP contribution is -2.31. The Morgan fingerprint density at radius 2 is 2.17 bits per heavy atom. The molecule has 5 heteroatoms. The van der Waals surface area contributed by atoms with Crippen molar-refractivity contribution in [2.45, 2.75) is 13.8 Å². The van der Waals surface area contributed by atoms with Gasteiger partial charge in [0.15, 0.2) is 5.70 Å². The van der Waals surface area contributed by atoms with E-state index < -0.39 is 5.92 Å². The van der Waals surface area contributed by atoms with Crippen molar-refractivity contribution >= 4 is 11.8 Å². The second kappa shape index (κ2) is 5.08. The maximum Gasteiger partial charge on any atom is 0.276 e. The zero-order chi connectivity index (χ0) is 13.1. The maximum atomic E-state index is 12.0. The molecule has 5 nitrogen and oxygen atoms in total. The summed E-state index contributed by atoms with van der Waals surface area (Å²) in [5, 5.41) is 10.0. The third-order valence-corrected chi connectivity index (χ3v) is 2.70. The monoisotopic (exact) mass is 245 g/mol. The first-order valence-corrected chi connectivity index (χ1v) is 5.92. The van der Waals surface area contributed by atoms with Gasteiger partial charge in [-0.05, 0) is 5.92 Å². The van der Waals surface area contributed by atoms with Gasteiger partial charge in [-0.3, -0.25) is 9.59 Å². The third-order valence-electron chi connectivity index (χ3n) is 2.70. The first-order valence-electron chi connectivity index (χ1n) is 5.92. The van der Waals surface area contributed by atoms with E-state index in [0.29, 0.717) is 18.0 Å². The minimum absolute atomic E-state index is 0.237. The van der Waals surface area contributed by atoms with Gasteiger partial charge in [0, 0.05) is 12.1 Å². The molecular formula is C13H15N3O2. The number of carbonyl (C=O) groups is 2. The molecule has 0 aromatic rings. The lowest BCUT2D eigenvalue weighted by molar-refractivity contribution is -0.120. The number of nitrogens with zero attached hydrogens (tertiary/aromatic N) is 2. The molecule has 1 atom stereocenters. The van der Waals surface area contributed by atoms with Gasteiger partial charge in [0.25, 0.3) is 11.8 Å². The fraction of sp³-hybridized carbons (Fsp3) is 0.385. The number of hydrogen-bond donors (Lipinski definition) is 1. The van der Waals surface area contributed by atoms with E-state index in [1.165, 1.54) is 0 Å². The van der Waals surface area contributed by atoms with E-state index in [-0.39, 0.29) is 17.5 Å². The highest BCUT2D eigenvalue weighted by Crippen LogP contribution is 2.28. The van der Waals surface area contributed by atoms with Crippen LogP contribution in [0.15, 0.2) is 45.8 Å². The molecule has 0 aromatic carbocycles. The predicted molar refractivity (Wildman–Crippen MR) is 66.5 cm³/mol. The zero-order valence-electron chi connectivity index (χ0n) is 10.4. The lowest BCUT2D eigenvalue weighted by atomic mass is 9.91. The van der Waals surface area contributed by atoms with Crippen LogP contribution in [0.4, 0.5) is 0 Å². The molecule has 0 bridgehead atoms. The van der Waals surface area contributed by atoms with Crippen LogP contribution in [0, 0.1) is 11.8 Å². The second-order valence-electron chi connectivity index (χ2n) is 4.67. The van der Waals surface area contributed by atoms with Gasteiger partial charge in [-0.25, -0.2) is 0 Å². The van der Waals surface area contributed by atoms with Gasteiger partial charge >= 0.3 is 0 Å². The first-order chi connectivity index (χ1) is 8.59. The summed E-state index contributed by atoms with van der Waals surface area (Å²) in [6, 6.07) is 0. The summed E-state index contributed by atoms with van der Waals surface area (Å²) in [6.45, 7) is 4.59. The summed E-state index contributed by atoms with van der Waals surface area (Å²) in [4.78, 5) is 23.5. The quantitative estimate of drug-likeness (QED) is 0.822. The smallest absolute Gasteiger partial charge is 0.276 e. The van der Waals surface area contributed by atoms with Gasteiger partial charge in [-0.2, -0.15) is 0 Å². The second-order valence-corrected chi connectivity index (χ2v) is 4.67. The molecule has 0 saturated heterocycles. The molecule has 0 saturated carbocycles. The fourth-order valence-electron chi connectivity index (χ4n) is 1.76. The minimum atomic E-state index is -0.465. The Balaban J connectivity index is 2.23. The van der Waals surface area contributed by atoms with E-state index in [4.69, 9.17) is 0 Å². The van der Waals surface area contributed by atoms with E-state index in [1.807, 2.05) is 13.8 Å². The standard InChI is InChI=1S/C13H15N3O2/c1-8(2)7-14-13(18)11-9-5-3-4-6-10(9)12(17)16-15-11/h3-6,8,10H,7H2,1-2H3,(H,14,18). The minimum Gasteiger partial charge on any atom is -0.350 e. The Morgan fingerprint density at radius 3 is 2.89 bits per heavy atom. The molecule has 0 radical (unpaired) electrons. The average Bonchev–Trinajstić information content (AvgIpc) is 2.37. The normalized spacial score (nSPS) is 21.5. The average molecular weight is 245 g/mol. The van der Waals surface area contributed by atoms with E-state index in [9.17, 15) is 9.59 Å². The molecule has 0 fully saturated rings. The SMILES string of the molecule is CC(C)CNC(=O)C1=C2C=CC=CC2C(=O)N=N1. The first kappa shape index (κ1) is 12.4. The molecule has 94 valence electrons. The molecule has 2 amide bonds. The van der Waals surface area contributed by atoms with Gasteiger partial charge in [-0.1, -0.05) is 38.2 Å². The number of amides is 2. The highest BCUT2D eigenvalue weighted by atomic mass is 16.2. The molecule has 2 rings (SSSR count). The predicted octanol–water partition coefficient (Wildman–Crippen LogP) is 1.75. The van der Waals surface area contributed by atoms with Crippen LogP contribution in [0.1, 0.15) is 13.8 Å². The molecular weight excluding hydrogens is 230 g/mol. The highest BCUT2D eigenvalue weighted by molar-refractivity contribution is 5.98. The number of fused-ring (bicyclic) bond motifs is 1. The van der Waals surface area contributed by atoms with Crippen LogP contribution >= 0.6 is 0 Å². The number of rotatable bonds is 3. The van der Waals surface area contributed by atoms with Gasteiger partial charge in [-0.15, -0.1) is 10.2 Å². The van der Waals surface area contributed by atoms with Crippen molar-refractivity contribution in [1.82, 2.24) is 5.32 Å². The van der Waals surface area contributed by atoms with Gasteiger partial charge in [0.05, 0.1) is 5.92 Å². The van der Waals surface area contributed by atoms with E-state index in [0.717, 1.165) is 0 Å². The van der Waals surface area contributed by atoms with Gasteiger partial charge in [0.1, 0.15) is 0 Å². The summed E-state index contributed by atoms with van der Waals surface area (Å²) in [5.74, 6) is -0.711. The molecule has 18 heavy (non-hydrogen) atoms. The van der Waals surface area contributed by atoms with Crippen molar-refractivity contribution in [3.63, 3.8) is 0 Å². The van der Waals surface area contributed by atoms with E-state index >= 15 is 0 Å². The lowest BCUT2D eigenvalue weighted by Gasteiger charge is -2.19. The molecule has 1 heterocycles. The van der Waals surface area contributed by atoms with Crippen LogP contribution in [-0.4, -0.2) is 18.4 Å². The van der Waals surface area contributed by atoms with Crippen molar-refractivity contribution in [2.24, 2.45) is 22.1 Å². The third kappa shape index (κ3) is 2.45. The molecule has 0 aromatic heterocycles. The number of nitrogens with one attached hydrogen (secondary N) is 1. The summed E-state index contributed by atoms with van der Waals surface area (Å²) >= 11 is 0. The molecule has 1 aliphatic heterocycles. The van der Waals surface area contributed by atoms with Gasteiger partial charge < -0.3 is 5.32 Å². The van der Waals surface area contributed by atoms with Crippen molar-refractivity contribution in [1.29, 1.82) is 0 Å². The maximum absolute atomic E-state index is 12.0. The molecule has 1 N–H and O–H groups in total. The van der Waals surface area contributed by atoms with Crippen LogP contribution in [-0.2, 0) is 9.59 Å². The Bertz CT molecular complexity index is 498. The molecule has 1 unspecified atom stereocenters. The number of carbonyl (C=O) groups excluding carboxylic acids is 2. The fourth-order valence-corrected chi connectivity index (χ4v) is 1.76. The molecule has 1 aliphatic carbocycles. The van der Waals surface area contributed by atoms with Crippen LogP contribution in [0.3, 0.4) is 0 Å². The van der Waals surface area contributed by atoms with E-state index in [2.05, 4.69) is 15.5 Å². The Morgan fingerprint density at radius 1 is 1.39 bits per heavy atom. The summed E-state index contributed by atoms with van der Waals surface area (Å²) < 4.78 is 0. The summed E-state index contributed by atoms with van der Waals surface area (Å²) in [6.07, 6.45) is 7.03. The van der Waals surface area contributed by atoms with Crippen molar-refractivity contribution in [3.05, 3.63) is 35.6 Å². The number of hydrogen-bond acceptors (Lipinski definition) is 3. The number of allylic oxidation sites excluding steroid dienone is 3. The molecule has 0 spiro atoms. The van der Waals surface area contributed by atoms with Crippen LogP contribution in [0.2, 0.25) is 0 Å². The van der Waals surface area contributed by atoms with Crippen molar-refractivity contribution in [3.8, 4) is 0 Å².